The number of ether oxygens (including phenoxy) is 1. The van der Waals surface area contributed by atoms with Crippen molar-refractivity contribution in [2.75, 3.05) is 11.9 Å². The highest BCUT2D eigenvalue weighted by atomic mass is 35.5. The number of nitrogens with zero attached hydrogens (tertiary/aromatic N) is 1. The van der Waals surface area contributed by atoms with Gasteiger partial charge in [-0.2, -0.15) is 0 Å². The van der Waals surface area contributed by atoms with Crippen LogP contribution in [0.2, 0.25) is 10.0 Å². The largest absolute Gasteiger partial charge is 0.484 e. The molecule has 1 amide bonds. The number of aryl methyl sites for hydroxylation is 1. The lowest BCUT2D eigenvalue weighted by atomic mass is 10.2. The van der Waals surface area contributed by atoms with Crippen molar-refractivity contribution in [3.63, 3.8) is 0 Å². The number of fused-ring (bicyclic) bond motifs is 1. The zero-order valence-corrected chi connectivity index (χ0v) is 14.4. The van der Waals surface area contributed by atoms with Crippen LogP contribution in [0.1, 0.15) is 5.56 Å². The maximum Gasteiger partial charge on any atom is 0.264 e. The molecule has 0 bridgehead atoms. The molecule has 0 aliphatic carbocycles. The fourth-order valence-corrected chi connectivity index (χ4v) is 3.35. The minimum absolute atomic E-state index is 0.107. The molecular weight excluding hydrogens is 355 g/mol. The number of anilines is 1. The van der Waals surface area contributed by atoms with E-state index in [1.54, 1.807) is 24.3 Å². The Hall–Kier alpha value is -1.82. The van der Waals surface area contributed by atoms with E-state index in [9.17, 15) is 4.79 Å². The van der Waals surface area contributed by atoms with Crippen LogP contribution in [0.25, 0.3) is 10.2 Å². The Morgan fingerprint density at radius 3 is 2.65 bits per heavy atom. The molecule has 0 fully saturated rings. The number of halogens is 2. The Morgan fingerprint density at radius 2 is 1.96 bits per heavy atom. The van der Waals surface area contributed by atoms with Crippen molar-refractivity contribution >= 4 is 55.8 Å². The molecule has 1 heterocycles. The van der Waals surface area contributed by atoms with Gasteiger partial charge in [0.1, 0.15) is 5.75 Å². The van der Waals surface area contributed by atoms with Gasteiger partial charge in [0, 0.05) is 5.02 Å². The minimum Gasteiger partial charge on any atom is -0.484 e. The van der Waals surface area contributed by atoms with Crippen molar-refractivity contribution in [1.82, 2.24) is 4.98 Å². The first-order chi connectivity index (χ1) is 11.0. The molecule has 3 rings (SSSR count). The summed E-state index contributed by atoms with van der Waals surface area (Å²) < 4.78 is 6.26. The van der Waals surface area contributed by atoms with Gasteiger partial charge in [0.05, 0.1) is 15.2 Å². The van der Waals surface area contributed by atoms with E-state index in [1.807, 2.05) is 19.1 Å². The van der Waals surface area contributed by atoms with E-state index in [1.165, 1.54) is 11.3 Å². The SMILES string of the molecule is Cc1ccc(Cl)c2sc(NC(=O)COc3ccc(Cl)cc3)nc12. The Labute approximate surface area is 147 Å². The number of thiazole rings is 1. The summed E-state index contributed by atoms with van der Waals surface area (Å²) in [6.07, 6.45) is 0. The van der Waals surface area contributed by atoms with Gasteiger partial charge >= 0.3 is 0 Å². The van der Waals surface area contributed by atoms with Crippen molar-refractivity contribution < 1.29 is 9.53 Å². The highest BCUT2D eigenvalue weighted by molar-refractivity contribution is 7.23. The Balaban J connectivity index is 1.67. The number of hydrogen-bond acceptors (Lipinski definition) is 4. The van der Waals surface area contributed by atoms with Crippen molar-refractivity contribution in [1.29, 1.82) is 0 Å². The van der Waals surface area contributed by atoms with E-state index in [4.69, 9.17) is 27.9 Å². The topological polar surface area (TPSA) is 51.2 Å². The molecule has 0 saturated heterocycles. The first kappa shape index (κ1) is 16.1. The summed E-state index contributed by atoms with van der Waals surface area (Å²) >= 11 is 13.3. The second kappa shape index (κ2) is 6.74. The predicted octanol–water partition coefficient (Wildman–Crippen LogP) is 4.93. The van der Waals surface area contributed by atoms with Crippen LogP contribution in [0.15, 0.2) is 36.4 Å². The molecule has 1 N–H and O–H groups in total. The van der Waals surface area contributed by atoms with Gasteiger partial charge in [-0.15, -0.1) is 0 Å². The van der Waals surface area contributed by atoms with Gasteiger partial charge in [-0.3, -0.25) is 10.1 Å². The van der Waals surface area contributed by atoms with Crippen LogP contribution in [-0.4, -0.2) is 17.5 Å². The minimum atomic E-state index is -0.284. The fourth-order valence-electron chi connectivity index (χ4n) is 1.99. The summed E-state index contributed by atoms with van der Waals surface area (Å²) in [5.74, 6) is 0.292. The highest BCUT2D eigenvalue weighted by Gasteiger charge is 2.12. The molecule has 118 valence electrons. The van der Waals surface area contributed by atoms with E-state index in [0.717, 1.165) is 15.8 Å². The molecule has 3 aromatic rings. The Bertz CT molecular complexity index is 823. The Morgan fingerprint density at radius 1 is 1.22 bits per heavy atom. The second-order valence-electron chi connectivity index (χ2n) is 4.85. The van der Waals surface area contributed by atoms with Crippen molar-refractivity contribution in [2.24, 2.45) is 0 Å². The number of hydrogen-bond donors (Lipinski definition) is 1. The van der Waals surface area contributed by atoms with Gasteiger partial charge in [-0.1, -0.05) is 40.6 Å². The van der Waals surface area contributed by atoms with Crippen molar-refractivity contribution in [3.05, 3.63) is 52.0 Å². The lowest BCUT2D eigenvalue weighted by Gasteiger charge is -2.05. The van der Waals surface area contributed by atoms with Crippen LogP contribution >= 0.6 is 34.5 Å². The summed E-state index contributed by atoms with van der Waals surface area (Å²) in [5, 5.41) is 4.47. The summed E-state index contributed by atoms with van der Waals surface area (Å²) in [6, 6.07) is 10.5. The number of nitrogens with one attached hydrogen (secondary N) is 1. The number of amides is 1. The van der Waals surface area contributed by atoms with Crippen LogP contribution in [0.3, 0.4) is 0 Å². The average molecular weight is 367 g/mol. The molecule has 23 heavy (non-hydrogen) atoms. The summed E-state index contributed by atoms with van der Waals surface area (Å²) in [7, 11) is 0. The normalized spacial score (nSPS) is 10.7. The van der Waals surface area contributed by atoms with E-state index >= 15 is 0 Å². The standard InChI is InChI=1S/C16H12Cl2N2O2S/c1-9-2-7-12(18)15-14(9)20-16(23-15)19-13(21)8-22-11-5-3-10(17)4-6-11/h2-7H,8H2,1H3,(H,19,20,21). The zero-order valence-electron chi connectivity index (χ0n) is 12.1. The lowest BCUT2D eigenvalue weighted by Crippen LogP contribution is -2.19. The summed E-state index contributed by atoms with van der Waals surface area (Å²) in [5.41, 5.74) is 1.81. The molecule has 0 saturated carbocycles. The van der Waals surface area contributed by atoms with Crippen LogP contribution in [-0.2, 0) is 4.79 Å². The van der Waals surface area contributed by atoms with Crippen LogP contribution < -0.4 is 10.1 Å². The molecule has 0 aliphatic rings. The number of carbonyl (C=O) groups excluding carboxylic acids is 1. The molecule has 2 aromatic carbocycles. The quantitative estimate of drug-likeness (QED) is 0.712. The highest BCUT2D eigenvalue weighted by Crippen LogP contribution is 2.33. The number of rotatable bonds is 4. The maximum absolute atomic E-state index is 12.0. The smallest absolute Gasteiger partial charge is 0.264 e. The van der Waals surface area contributed by atoms with Gasteiger partial charge in [0.25, 0.3) is 5.91 Å². The number of benzene rings is 2. The molecule has 7 heteroatoms. The third kappa shape index (κ3) is 3.75. The molecule has 0 unspecified atom stereocenters. The fraction of sp³-hybridized carbons (Fsp3) is 0.125. The molecule has 0 aliphatic heterocycles. The van der Waals surface area contributed by atoms with E-state index < -0.39 is 0 Å². The van der Waals surface area contributed by atoms with E-state index in [2.05, 4.69) is 10.3 Å². The monoisotopic (exact) mass is 366 g/mol. The van der Waals surface area contributed by atoms with Crippen molar-refractivity contribution in [3.8, 4) is 5.75 Å². The van der Waals surface area contributed by atoms with Crippen LogP contribution in [0.4, 0.5) is 5.13 Å². The molecule has 1 aromatic heterocycles. The first-order valence-electron chi connectivity index (χ1n) is 6.77. The number of carbonyl (C=O) groups is 1. The molecule has 0 radical (unpaired) electrons. The van der Waals surface area contributed by atoms with Gasteiger partial charge in [-0.25, -0.2) is 4.98 Å². The van der Waals surface area contributed by atoms with Gasteiger partial charge in [0.2, 0.25) is 0 Å². The number of aromatic nitrogens is 1. The third-order valence-electron chi connectivity index (χ3n) is 3.13. The average Bonchev–Trinajstić information content (AvgIpc) is 2.95. The van der Waals surface area contributed by atoms with Gasteiger partial charge < -0.3 is 4.74 Å². The van der Waals surface area contributed by atoms with Crippen molar-refractivity contribution in [2.45, 2.75) is 6.92 Å². The van der Waals surface area contributed by atoms with Gasteiger partial charge in [-0.05, 0) is 42.8 Å². The third-order valence-corrected chi connectivity index (χ3v) is 4.81. The van der Waals surface area contributed by atoms with Gasteiger partial charge in [0.15, 0.2) is 11.7 Å². The zero-order chi connectivity index (χ0) is 16.4. The molecule has 4 nitrogen and oxygen atoms in total. The van der Waals surface area contributed by atoms with Crippen LogP contribution in [0, 0.1) is 6.92 Å². The molecule has 0 spiro atoms. The maximum atomic E-state index is 12.0. The summed E-state index contributed by atoms with van der Waals surface area (Å²) in [6.45, 7) is 1.85. The van der Waals surface area contributed by atoms with E-state index in [0.29, 0.717) is 20.9 Å². The first-order valence-corrected chi connectivity index (χ1v) is 8.34. The van der Waals surface area contributed by atoms with E-state index in [-0.39, 0.29) is 12.5 Å². The second-order valence-corrected chi connectivity index (χ2v) is 6.69. The molecule has 0 atom stereocenters. The predicted molar refractivity (Wildman–Crippen MR) is 94.9 cm³/mol. The lowest BCUT2D eigenvalue weighted by molar-refractivity contribution is -0.118. The van der Waals surface area contributed by atoms with Crippen LogP contribution in [0.5, 0.6) is 5.75 Å². The summed E-state index contributed by atoms with van der Waals surface area (Å²) in [4.78, 5) is 16.4. The Kier molecular flexibility index (Phi) is 4.71. The molecular formula is C16H12Cl2N2O2S.